The van der Waals surface area contributed by atoms with Gasteiger partial charge in [-0.05, 0) is 41.7 Å². The Labute approximate surface area is 140 Å². The van der Waals surface area contributed by atoms with E-state index in [4.69, 9.17) is 0 Å². The lowest BCUT2D eigenvalue weighted by Crippen LogP contribution is -2.40. The SMILES string of the molecule is O=C1[C@@H]2[C@H]3C=C[C@@H]([C@@H]4C[C@@H]34)[C@H]2C(=O)N1/N=C\C=C\c1ccccc1. The van der Waals surface area contributed by atoms with Crippen molar-refractivity contribution in [3.8, 4) is 0 Å². The third-order valence-corrected chi connectivity index (χ3v) is 6.00. The lowest BCUT2D eigenvalue weighted by Gasteiger charge is -2.37. The molecule has 4 nitrogen and oxygen atoms in total. The fourth-order valence-corrected chi connectivity index (χ4v) is 4.88. The Morgan fingerprint density at radius 3 is 2.21 bits per heavy atom. The Morgan fingerprint density at radius 2 is 1.58 bits per heavy atom. The van der Waals surface area contributed by atoms with Crippen molar-refractivity contribution < 1.29 is 9.59 Å². The fraction of sp³-hybridized carbons (Fsp3) is 0.350. The zero-order valence-electron chi connectivity index (χ0n) is 13.2. The van der Waals surface area contributed by atoms with E-state index in [0.29, 0.717) is 11.8 Å². The van der Waals surface area contributed by atoms with Crippen LogP contribution >= 0.6 is 0 Å². The van der Waals surface area contributed by atoms with Gasteiger partial charge in [0.05, 0.1) is 11.8 Å². The summed E-state index contributed by atoms with van der Waals surface area (Å²) in [5.41, 5.74) is 1.05. The number of rotatable bonds is 3. The van der Waals surface area contributed by atoms with E-state index >= 15 is 0 Å². The summed E-state index contributed by atoms with van der Waals surface area (Å²) in [6, 6.07) is 9.86. The fourth-order valence-electron chi connectivity index (χ4n) is 4.88. The van der Waals surface area contributed by atoms with Gasteiger partial charge < -0.3 is 0 Å². The molecule has 1 aromatic rings. The Bertz CT molecular complexity index is 759. The molecule has 4 aliphatic carbocycles. The molecule has 0 radical (unpaired) electrons. The second kappa shape index (κ2) is 5.00. The molecule has 1 saturated heterocycles. The van der Waals surface area contributed by atoms with E-state index in [1.165, 1.54) is 12.6 Å². The first-order valence-electron chi connectivity index (χ1n) is 8.57. The van der Waals surface area contributed by atoms with Crippen LogP contribution in [0.2, 0.25) is 0 Å². The maximum atomic E-state index is 12.7. The molecule has 1 heterocycles. The minimum atomic E-state index is -0.175. The number of hydrogen-bond donors (Lipinski definition) is 0. The number of amides is 2. The summed E-state index contributed by atoms with van der Waals surface area (Å²) in [6.45, 7) is 0. The van der Waals surface area contributed by atoms with Gasteiger partial charge in [-0.15, -0.1) is 0 Å². The van der Waals surface area contributed by atoms with Crippen molar-refractivity contribution in [3.63, 3.8) is 0 Å². The minimum Gasteiger partial charge on any atom is -0.272 e. The molecule has 0 aromatic heterocycles. The van der Waals surface area contributed by atoms with Gasteiger partial charge in [0.2, 0.25) is 0 Å². The summed E-state index contributed by atoms with van der Waals surface area (Å²) in [7, 11) is 0. The molecule has 0 spiro atoms. The normalized spacial score (nSPS) is 39.1. The number of benzene rings is 1. The Kier molecular flexibility index (Phi) is 2.90. The molecule has 120 valence electrons. The number of hydrogen-bond acceptors (Lipinski definition) is 3. The highest BCUT2D eigenvalue weighted by atomic mass is 16.2. The van der Waals surface area contributed by atoms with Crippen LogP contribution in [0.5, 0.6) is 0 Å². The molecule has 1 aromatic carbocycles. The van der Waals surface area contributed by atoms with Crippen LogP contribution in [0.25, 0.3) is 6.08 Å². The topological polar surface area (TPSA) is 49.7 Å². The van der Waals surface area contributed by atoms with Gasteiger partial charge in [-0.3, -0.25) is 9.59 Å². The first kappa shape index (κ1) is 13.9. The van der Waals surface area contributed by atoms with Crippen molar-refractivity contribution in [1.29, 1.82) is 0 Å². The van der Waals surface area contributed by atoms with Gasteiger partial charge in [0.15, 0.2) is 0 Å². The summed E-state index contributed by atoms with van der Waals surface area (Å²) in [6.07, 6.45) is 10.7. The van der Waals surface area contributed by atoms with Gasteiger partial charge in [-0.1, -0.05) is 48.6 Å². The van der Waals surface area contributed by atoms with Crippen LogP contribution in [-0.4, -0.2) is 23.0 Å². The lowest BCUT2D eigenvalue weighted by molar-refractivity contribution is -0.140. The Hall–Kier alpha value is -2.49. The van der Waals surface area contributed by atoms with Gasteiger partial charge in [-0.25, -0.2) is 0 Å². The predicted molar refractivity (Wildman–Crippen MR) is 90.5 cm³/mol. The van der Waals surface area contributed by atoms with Crippen LogP contribution in [0.3, 0.4) is 0 Å². The van der Waals surface area contributed by atoms with E-state index < -0.39 is 0 Å². The van der Waals surface area contributed by atoms with Crippen LogP contribution in [-0.2, 0) is 9.59 Å². The Morgan fingerprint density at radius 1 is 0.958 bits per heavy atom. The Balaban J connectivity index is 1.35. The summed E-state index contributed by atoms with van der Waals surface area (Å²) in [4.78, 5) is 25.4. The van der Waals surface area contributed by atoms with Crippen molar-refractivity contribution >= 4 is 24.1 Å². The van der Waals surface area contributed by atoms with Gasteiger partial charge in [0, 0.05) is 6.21 Å². The molecule has 5 aliphatic rings. The van der Waals surface area contributed by atoms with Crippen molar-refractivity contribution in [2.75, 3.05) is 0 Å². The van der Waals surface area contributed by atoms with E-state index in [2.05, 4.69) is 17.3 Å². The van der Waals surface area contributed by atoms with Gasteiger partial charge >= 0.3 is 0 Å². The quantitative estimate of drug-likeness (QED) is 0.489. The number of allylic oxidation sites excluding steroid dienone is 3. The molecule has 6 rings (SSSR count). The van der Waals surface area contributed by atoms with E-state index in [-0.39, 0.29) is 35.5 Å². The summed E-state index contributed by atoms with van der Waals surface area (Å²) in [5, 5.41) is 5.27. The molecule has 0 unspecified atom stereocenters. The van der Waals surface area contributed by atoms with Crippen LogP contribution in [0.1, 0.15) is 12.0 Å². The highest BCUT2D eigenvalue weighted by Gasteiger charge is 2.67. The smallest absolute Gasteiger partial charge is 0.254 e. The van der Waals surface area contributed by atoms with Crippen molar-refractivity contribution in [3.05, 3.63) is 54.1 Å². The first-order valence-corrected chi connectivity index (χ1v) is 8.57. The largest absolute Gasteiger partial charge is 0.272 e. The molecular formula is C20H18N2O2. The van der Waals surface area contributed by atoms with E-state index in [1.807, 2.05) is 36.4 Å². The molecule has 6 atom stereocenters. The van der Waals surface area contributed by atoms with E-state index in [9.17, 15) is 9.59 Å². The zero-order valence-corrected chi connectivity index (χ0v) is 13.2. The molecule has 2 amide bonds. The van der Waals surface area contributed by atoms with Crippen LogP contribution in [0, 0.1) is 35.5 Å². The maximum absolute atomic E-state index is 12.7. The van der Waals surface area contributed by atoms with Gasteiger partial charge in [0.1, 0.15) is 0 Å². The van der Waals surface area contributed by atoms with Crippen molar-refractivity contribution in [1.82, 2.24) is 5.01 Å². The second-order valence-corrected chi connectivity index (χ2v) is 7.18. The number of carbonyl (C=O) groups excluding carboxylic acids is 2. The van der Waals surface area contributed by atoms with Gasteiger partial charge in [0.25, 0.3) is 11.8 Å². The number of carbonyl (C=O) groups is 2. The number of imide groups is 1. The first-order chi connectivity index (χ1) is 11.8. The predicted octanol–water partition coefficient (Wildman–Crippen LogP) is 2.74. The van der Waals surface area contributed by atoms with Crippen LogP contribution in [0.15, 0.2) is 53.7 Å². The number of hydrazone groups is 1. The standard InChI is InChI=1S/C20H18N2O2/c23-19-17-13-8-9-14(16-11-15(13)16)18(17)20(24)22(19)21-10-4-7-12-5-2-1-3-6-12/h1-10,13-18H,11H2/b7-4+,21-10-/t13-,14-,15-,16-,17+,18+/m0/s1. The van der Waals surface area contributed by atoms with Crippen molar-refractivity contribution in [2.45, 2.75) is 6.42 Å². The monoisotopic (exact) mass is 318 g/mol. The third-order valence-electron chi connectivity index (χ3n) is 6.00. The molecule has 3 fully saturated rings. The average Bonchev–Trinajstić information content (AvgIpc) is 3.39. The molecule has 2 bridgehead atoms. The minimum absolute atomic E-state index is 0.112. The summed E-state index contributed by atoms with van der Waals surface area (Å²) < 4.78 is 0. The summed E-state index contributed by atoms with van der Waals surface area (Å²) >= 11 is 0. The maximum Gasteiger partial charge on any atom is 0.254 e. The molecule has 24 heavy (non-hydrogen) atoms. The molecular weight excluding hydrogens is 300 g/mol. The van der Waals surface area contributed by atoms with E-state index in [0.717, 1.165) is 10.6 Å². The third kappa shape index (κ3) is 1.89. The molecule has 2 saturated carbocycles. The zero-order chi connectivity index (χ0) is 16.3. The molecule has 0 N–H and O–H groups in total. The summed E-state index contributed by atoms with van der Waals surface area (Å²) in [5.74, 6) is 1.18. The van der Waals surface area contributed by atoms with Crippen molar-refractivity contribution in [2.24, 2.45) is 40.6 Å². The van der Waals surface area contributed by atoms with Gasteiger partial charge in [-0.2, -0.15) is 10.1 Å². The second-order valence-electron chi connectivity index (χ2n) is 7.18. The van der Waals surface area contributed by atoms with E-state index in [1.54, 1.807) is 6.08 Å². The highest BCUT2D eigenvalue weighted by Crippen LogP contribution is 2.65. The van der Waals surface area contributed by atoms with Crippen LogP contribution in [0.4, 0.5) is 0 Å². The lowest BCUT2D eigenvalue weighted by atomic mass is 9.63. The molecule has 1 aliphatic heterocycles. The average molecular weight is 318 g/mol. The van der Waals surface area contributed by atoms with Crippen LogP contribution < -0.4 is 0 Å². The highest BCUT2D eigenvalue weighted by molar-refractivity contribution is 6.06. The number of nitrogens with zero attached hydrogens (tertiary/aromatic N) is 2. The molecule has 4 heteroatoms.